The monoisotopic (exact) mass is 299 g/mol. The second kappa shape index (κ2) is 6.39. The van der Waals surface area contributed by atoms with Crippen LogP contribution in [0.5, 0.6) is 5.75 Å². The van der Waals surface area contributed by atoms with Crippen LogP contribution in [0.2, 0.25) is 0 Å². The van der Waals surface area contributed by atoms with Crippen LogP contribution >= 0.6 is 0 Å². The number of likely N-dealkylation sites (N-methyl/N-ethyl adjacent to an activating group) is 1. The van der Waals surface area contributed by atoms with Crippen molar-refractivity contribution in [3.8, 4) is 5.75 Å². The summed E-state index contributed by atoms with van der Waals surface area (Å²) in [6.07, 6.45) is 1.81. The van der Waals surface area contributed by atoms with Crippen LogP contribution in [0, 0.1) is 17.6 Å². The fraction of sp³-hybridized carbons (Fsp3) is 0.533. The van der Waals surface area contributed by atoms with Crippen LogP contribution < -0.4 is 10.1 Å². The lowest BCUT2D eigenvalue weighted by atomic mass is 9.94. The molecule has 1 unspecified atom stereocenters. The molecule has 0 spiro atoms. The molecule has 1 aromatic rings. The molecule has 1 aromatic carbocycles. The summed E-state index contributed by atoms with van der Waals surface area (Å²) in [5, 5.41) is 3.14. The van der Waals surface area contributed by atoms with Gasteiger partial charge >= 0.3 is 5.97 Å². The van der Waals surface area contributed by atoms with E-state index in [1.807, 2.05) is 6.92 Å². The Labute approximate surface area is 122 Å². The molecule has 1 saturated carbocycles. The molecule has 0 bridgehead atoms. The van der Waals surface area contributed by atoms with Gasteiger partial charge in [0.2, 0.25) is 0 Å². The molecular formula is C15H19F2NO3. The summed E-state index contributed by atoms with van der Waals surface area (Å²) in [5.74, 6) is -1.99. The molecule has 0 amide bonds. The molecule has 6 heteroatoms. The Balaban J connectivity index is 2.14. The maximum atomic E-state index is 13.2. The fourth-order valence-electron chi connectivity index (χ4n) is 2.45. The SMILES string of the molecule is CCNC(COc1ccc(F)c(F)c1)(C(=O)OC)C1CC1. The van der Waals surface area contributed by atoms with Gasteiger partial charge in [0.25, 0.3) is 0 Å². The highest BCUT2D eigenvalue weighted by atomic mass is 19.2. The van der Waals surface area contributed by atoms with Gasteiger partial charge in [-0.1, -0.05) is 6.92 Å². The molecule has 1 fully saturated rings. The van der Waals surface area contributed by atoms with Gasteiger partial charge in [-0.3, -0.25) is 5.32 Å². The average Bonchev–Trinajstić information content (AvgIpc) is 3.31. The summed E-state index contributed by atoms with van der Waals surface area (Å²) in [6, 6.07) is 3.30. The van der Waals surface area contributed by atoms with Crippen LogP contribution in [-0.4, -0.2) is 31.8 Å². The van der Waals surface area contributed by atoms with Gasteiger partial charge in [0, 0.05) is 6.07 Å². The Kier molecular flexibility index (Phi) is 4.77. The minimum atomic E-state index is -0.981. The number of nitrogens with one attached hydrogen (secondary N) is 1. The predicted octanol–water partition coefficient (Wildman–Crippen LogP) is 2.27. The van der Waals surface area contributed by atoms with Gasteiger partial charge in [-0.2, -0.15) is 0 Å². The Hall–Kier alpha value is -1.69. The zero-order chi connectivity index (χ0) is 15.5. The van der Waals surface area contributed by atoms with Crippen molar-refractivity contribution >= 4 is 5.97 Å². The molecule has 0 saturated heterocycles. The van der Waals surface area contributed by atoms with Gasteiger partial charge < -0.3 is 9.47 Å². The van der Waals surface area contributed by atoms with Gasteiger partial charge in [0.05, 0.1) is 7.11 Å². The highest BCUT2D eigenvalue weighted by Gasteiger charge is 2.52. The Bertz CT molecular complexity index is 520. The molecule has 1 N–H and O–H groups in total. The molecule has 1 aliphatic rings. The van der Waals surface area contributed by atoms with Crippen molar-refractivity contribution in [3.63, 3.8) is 0 Å². The standard InChI is InChI=1S/C15H19F2NO3/c1-3-18-15(10-4-5-10,14(19)20-2)9-21-11-6-7-12(16)13(17)8-11/h6-8,10,18H,3-5,9H2,1-2H3. The number of esters is 1. The van der Waals surface area contributed by atoms with Gasteiger partial charge in [-0.25, -0.2) is 13.6 Å². The predicted molar refractivity (Wildman–Crippen MR) is 73.0 cm³/mol. The van der Waals surface area contributed by atoms with Crippen LogP contribution in [0.4, 0.5) is 8.78 Å². The molecule has 1 aliphatic carbocycles. The van der Waals surface area contributed by atoms with Crippen LogP contribution in [0.1, 0.15) is 19.8 Å². The number of carbonyl (C=O) groups is 1. The molecular weight excluding hydrogens is 280 g/mol. The van der Waals surface area contributed by atoms with Crippen molar-refractivity contribution in [3.05, 3.63) is 29.8 Å². The number of halogens is 2. The van der Waals surface area contributed by atoms with E-state index in [1.54, 1.807) is 0 Å². The van der Waals surface area contributed by atoms with Gasteiger partial charge in [-0.15, -0.1) is 0 Å². The number of hydrogen-bond donors (Lipinski definition) is 1. The van der Waals surface area contributed by atoms with Crippen LogP contribution in [0.25, 0.3) is 0 Å². The van der Waals surface area contributed by atoms with Crippen molar-refractivity contribution in [1.29, 1.82) is 0 Å². The Morgan fingerprint density at radius 3 is 2.62 bits per heavy atom. The topological polar surface area (TPSA) is 47.6 Å². The van der Waals surface area contributed by atoms with Crippen LogP contribution in [-0.2, 0) is 9.53 Å². The Morgan fingerprint density at radius 2 is 2.10 bits per heavy atom. The molecule has 116 valence electrons. The molecule has 0 radical (unpaired) electrons. The summed E-state index contributed by atoms with van der Waals surface area (Å²) < 4.78 is 36.5. The maximum absolute atomic E-state index is 13.2. The first kappa shape index (κ1) is 15.7. The van der Waals surface area contributed by atoms with E-state index < -0.39 is 23.1 Å². The lowest BCUT2D eigenvalue weighted by Gasteiger charge is -2.31. The summed E-state index contributed by atoms with van der Waals surface area (Å²) in [6.45, 7) is 2.48. The number of hydrogen-bond acceptors (Lipinski definition) is 4. The highest BCUT2D eigenvalue weighted by Crippen LogP contribution is 2.41. The molecule has 0 aliphatic heterocycles. The van der Waals surface area contributed by atoms with Crippen molar-refractivity contribution < 1.29 is 23.0 Å². The van der Waals surface area contributed by atoms with Crippen LogP contribution in [0.3, 0.4) is 0 Å². The first-order valence-corrected chi connectivity index (χ1v) is 6.94. The van der Waals surface area contributed by atoms with Gasteiger partial charge in [0.1, 0.15) is 12.4 Å². The van der Waals surface area contributed by atoms with E-state index in [0.717, 1.165) is 25.0 Å². The normalized spacial score (nSPS) is 17.1. The van der Waals surface area contributed by atoms with E-state index in [1.165, 1.54) is 13.2 Å². The fourth-order valence-corrected chi connectivity index (χ4v) is 2.45. The van der Waals surface area contributed by atoms with E-state index in [4.69, 9.17) is 9.47 Å². The average molecular weight is 299 g/mol. The number of ether oxygens (including phenoxy) is 2. The highest BCUT2D eigenvalue weighted by molar-refractivity contribution is 5.82. The first-order valence-electron chi connectivity index (χ1n) is 6.94. The third kappa shape index (κ3) is 3.32. The molecule has 21 heavy (non-hydrogen) atoms. The summed E-state index contributed by atoms with van der Waals surface area (Å²) in [5.41, 5.74) is -0.936. The summed E-state index contributed by atoms with van der Waals surface area (Å²) >= 11 is 0. The van der Waals surface area contributed by atoms with Crippen molar-refractivity contribution in [2.45, 2.75) is 25.3 Å². The molecule has 0 heterocycles. The largest absolute Gasteiger partial charge is 0.491 e. The van der Waals surface area contributed by atoms with Crippen molar-refractivity contribution in [2.75, 3.05) is 20.3 Å². The number of rotatable bonds is 7. The number of benzene rings is 1. The van der Waals surface area contributed by atoms with Crippen molar-refractivity contribution in [2.24, 2.45) is 5.92 Å². The lowest BCUT2D eigenvalue weighted by molar-refractivity contribution is -0.151. The quantitative estimate of drug-likeness (QED) is 0.785. The summed E-state index contributed by atoms with van der Waals surface area (Å²) in [7, 11) is 1.33. The zero-order valence-electron chi connectivity index (χ0n) is 12.1. The van der Waals surface area contributed by atoms with E-state index in [0.29, 0.717) is 6.54 Å². The lowest BCUT2D eigenvalue weighted by Crippen LogP contribution is -2.58. The molecule has 0 aromatic heterocycles. The van der Waals surface area contributed by atoms with Gasteiger partial charge in [0.15, 0.2) is 17.2 Å². The van der Waals surface area contributed by atoms with E-state index in [9.17, 15) is 13.6 Å². The Morgan fingerprint density at radius 1 is 1.38 bits per heavy atom. The third-order valence-electron chi connectivity index (χ3n) is 3.67. The maximum Gasteiger partial charge on any atom is 0.329 e. The third-order valence-corrected chi connectivity index (χ3v) is 3.67. The van der Waals surface area contributed by atoms with Gasteiger partial charge in [-0.05, 0) is 37.4 Å². The molecule has 2 rings (SSSR count). The zero-order valence-corrected chi connectivity index (χ0v) is 12.1. The smallest absolute Gasteiger partial charge is 0.329 e. The minimum Gasteiger partial charge on any atom is -0.491 e. The van der Waals surface area contributed by atoms with E-state index >= 15 is 0 Å². The second-order valence-electron chi connectivity index (χ2n) is 5.13. The van der Waals surface area contributed by atoms with E-state index in [2.05, 4.69) is 5.32 Å². The molecule has 1 atom stereocenters. The second-order valence-corrected chi connectivity index (χ2v) is 5.13. The van der Waals surface area contributed by atoms with E-state index in [-0.39, 0.29) is 18.3 Å². The summed E-state index contributed by atoms with van der Waals surface area (Å²) in [4.78, 5) is 12.1. The first-order chi connectivity index (χ1) is 10.0. The van der Waals surface area contributed by atoms with Crippen LogP contribution in [0.15, 0.2) is 18.2 Å². The molecule has 4 nitrogen and oxygen atoms in total. The number of carbonyl (C=O) groups excluding carboxylic acids is 1. The van der Waals surface area contributed by atoms with Crippen molar-refractivity contribution in [1.82, 2.24) is 5.32 Å². The minimum absolute atomic E-state index is 0.0171. The number of methoxy groups -OCH3 is 1.